The average Bonchev–Trinajstić information content (AvgIpc) is 2.96. The molecular formula is C16H22N2O3. The summed E-state index contributed by atoms with van der Waals surface area (Å²) < 4.78 is 0. The Labute approximate surface area is 125 Å². The van der Waals surface area contributed by atoms with Gasteiger partial charge in [-0.25, -0.2) is 0 Å². The van der Waals surface area contributed by atoms with Crippen LogP contribution in [0.2, 0.25) is 0 Å². The molecule has 1 saturated heterocycles. The minimum atomic E-state index is -0.393. The Morgan fingerprint density at radius 1 is 1.38 bits per heavy atom. The van der Waals surface area contributed by atoms with E-state index in [1.165, 1.54) is 0 Å². The lowest BCUT2D eigenvalue weighted by atomic mass is 10.0. The number of hydrogen-bond donors (Lipinski definition) is 2. The van der Waals surface area contributed by atoms with Crippen molar-refractivity contribution in [3.8, 4) is 0 Å². The highest BCUT2D eigenvalue weighted by atomic mass is 16.3. The van der Waals surface area contributed by atoms with Crippen LogP contribution in [0.3, 0.4) is 0 Å². The number of aliphatic hydroxyl groups excluding tert-OH is 1. The third kappa shape index (κ3) is 4.56. The Hall–Kier alpha value is -1.88. The van der Waals surface area contributed by atoms with Crippen molar-refractivity contribution in [2.45, 2.75) is 25.9 Å². The normalized spacial score (nSPS) is 19.3. The van der Waals surface area contributed by atoms with Crippen molar-refractivity contribution in [3.05, 3.63) is 35.9 Å². The zero-order chi connectivity index (χ0) is 15.2. The number of hydrogen-bond acceptors (Lipinski definition) is 3. The van der Waals surface area contributed by atoms with E-state index in [4.69, 9.17) is 0 Å². The molecule has 2 atom stereocenters. The molecule has 5 nitrogen and oxygen atoms in total. The second-order valence-electron chi connectivity index (χ2n) is 5.57. The summed E-state index contributed by atoms with van der Waals surface area (Å²) in [6.07, 6.45) is 0.710. The van der Waals surface area contributed by atoms with Crippen LogP contribution in [0.5, 0.6) is 0 Å². The van der Waals surface area contributed by atoms with Gasteiger partial charge in [0.15, 0.2) is 0 Å². The van der Waals surface area contributed by atoms with Gasteiger partial charge in [0.1, 0.15) is 0 Å². The monoisotopic (exact) mass is 290 g/mol. The highest BCUT2D eigenvalue weighted by Crippen LogP contribution is 2.19. The van der Waals surface area contributed by atoms with Gasteiger partial charge in [-0.05, 0) is 18.9 Å². The number of aliphatic hydroxyl groups is 1. The van der Waals surface area contributed by atoms with E-state index in [1.807, 2.05) is 30.3 Å². The summed E-state index contributed by atoms with van der Waals surface area (Å²) in [4.78, 5) is 25.5. The summed E-state index contributed by atoms with van der Waals surface area (Å²) in [5.41, 5.74) is 0.929. The fourth-order valence-electron chi connectivity index (χ4n) is 2.54. The van der Waals surface area contributed by atoms with Gasteiger partial charge < -0.3 is 15.3 Å². The topological polar surface area (TPSA) is 69.6 Å². The summed E-state index contributed by atoms with van der Waals surface area (Å²) in [6, 6.07) is 9.43. The number of benzene rings is 1. The van der Waals surface area contributed by atoms with E-state index < -0.39 is 6.10 Å². The van der Waals surface area contributed by atoms with Crippen LogP contribution < -0.4 is 5.32 Å². The van der Waals surface area contributed by atoms with E-state index in [2.05, 4.69) is 5.32 Å². The number of nitrogens with one attached hydrogen (secondary N) is 1. The second-order valence-corrected chi connectivity index (χ2v) is 5.57. The van der Waals surface area contributed by atoms with Crippen molar-refractivity contribution >= 4 is 11.8 Å². The quantitative estimate of drug-likeness (QED) is 0.833. The molecule has 0 aromatic heterocycles. The summed E-state index contributed by atoms with van der Waals surface area (Å²) in [5.74, 6) is -0.0886. The Kier molecular flexibility index (Phi) is 5.33. The van der Waals surface area contributed by atoms with Crippen molar-refractivity contribution in [3.63, 3.8) is 0 Å². The first-order valence-electron chi connectivity index (χ1n) is 7.32. The van der Waals surface area contributed by atoms with E-state index in [0.717, 1.165) is 12.0 Å². The molecule has 0 saturated carbocycles. The minimum absolute atomic E-state index is 0.0260. The van der Waals surface area contributed by atoms with Crippen LogP contribution in [-0.4, -0.2) is 47.6 Å². The summed E-state index contributed by atoms with van der Waals surface area (Å²) in [6.45, 7) is 3.01. The molecule has 0 radical (unpaired) electrons. The van der Waals surface area contributed by atoms with Crippen LogP contribution in [0, 0.1) is 5.92 Å². The predicted octanol–water partition coefficient (Wildman–Crippen LogP) is 0.575. The molecular weight excluding hydrogens is 268 g/mol. The zero-order valence-electron chi connectivity index (χ0n) is 12.3. The molecule has 1 aliphatic heterocycles. The second kappa shape index (κ2) is 7.22. The summed E-state index contributed by atoms with van der Waals surface area (Å²) in [5, 5.41) is 12.2. The lowest BCUT2D eigenvalue weighted by molar-refractivity contribution is -0.132. The van der Waals surface area contributed by atoms with Gasteiger partial charge in [0, 0.05) is 19.0 Å². The van der Waals surface area contributed by atoms with Gasteiger partial charge in [0.2, 0.25) is 11.8 Å². The molecule has 0 bridgehead atoms. The molecule has 2 N–H and O–H groups in total. The van der Waals surface area contributed by atoms with Crippen LogP contribution in [0.1, 0.15) is 18.9 Å². The van der Waals surface area contributed by atoms with E-state index in [-0.39, 0.29) is 30.7 Å². The Bertz CT molecular complexity index is 488. The maximum atomic E-state index is 12.0. The molecule has 114 valence electrons. The van der Waals surface area contributed by atoms with E-state index in [9.17, 15) is 14.7 Å². The summed E-state index contributed by atoms with van der Waals surface area (Å²) in [7, 11) is 0. The van der Waals surface area contributed by atoms with Crippen LogP contribution in [0.25, 0.3) is 0 Å². The van der Waals surface area contributed by atoms with Gasteiger partial charge in [0.25, 0.3) is 0 Å². The maximum absolute atomic E-state index is 12.0. The fourth-order valence-corrected chi connectivity index (χ4v) is 2.54. The van der Waals surface area contributed by atoms with Crippen molar-refractivity contribution in [2.75, 3.05) is 19.6 Å². The maximum Gasteiger partial charge on any atom is 0.241 e. The van der Waals surface area contributed by atoms with Crippen molar-refractivity contribution in [1.29, 1.82) is 0 Å². The van der Waals surface area contributed by atoms with Crippen LogP contribution >= 0.6 is 0 Å². The first-order valence-corrected chi connectivity index (χ1v) is 7.32. The Balaban J connectivity index is 1.73. The number of nitrogens with zero attached hydrogens (tertiary/aromatic N) is 1. The van der Waals surface area contributed by atoms with Gasteiger partial charge in [-0.3, -0.25) is 9.59 Å². The summed E-state index contributed by atoms with van der Waals surface area (Å²) >= 11 is 0. The molecule has 1 heterocycles. The first-order chi connectivity index (χ1) is 10.1. The van der Waals surface area contributed by atoms with Crippen molar-refractivity contribution in [2.24, 2.45) is 5.92 Å². The molecule has 5 heteroatoms. The predicted molar refractivity (Wildman–Crippen MR) is 79.5 cm³/mol. The zero-order valence-corrected chi connectivity index (χ0v) is 12.3. The van der Waals surface area contributed by atoms with Gasteiger partial charge in [-0.1, -0.05) is 30.3 Å². The first kappa shape index (κ1) is 15.5. The largest absolute Gasteiger partial charge is 0.393 e. The molecule has 1 aromatic carbocycles. The van der Waals surface area contributed by atoms with Crippen molar-refractivity contribution in [1.82, 2.24) is 10.2 Å². The number of carbonyl (C=O) groups is 2. The molecule has 0 spiro atoms. The molecule has 0 aliphatic carbocycles. The SMILES string of the molecule is CC(O)C1CCN(C(=O)CNC(=O)Cc2ccccc2)C1. The third-order valence-corrected chi connectivity index (χ3v) is 3.90. The molecule has 21 heavy (non-hydrogen) atoms. The van der Waals surface area contributed by atoms with E-state index in [1.54, 1.807) is 11.8 Å². The van der Waals surface area contributed by atoms with Gasteiger partial charge >= 0.3 is 0 Å². The molecule has 2 amide bonds. The molecule has 1 aliphatic rings. The third-order valence-electron chi connectivity index (χ3n) is 3.90. The molecule has 1 aromatic rings. The van der Waals surface area contributed by atoms with Gasteiger partial charge in [-0.15, -0.1) is 0 Å². The average molecular weight is 290 g/mol. The standard InChI is InChI=1S/C16H22N2O3/c1-12(19)14-7-8-18(11-14)16(21)10-17-15(20)9-13-5-3-2-4-6-13/h2-6,12,14,19H,7-11H2,1H3,(H,17,20). The molecule has 2 rings (SSSR count). The molecule has 1 fully saturated rings. The number of amides is 2. The number of carbonyl (C=O) groups excluding carboxylic acids is 2. The fraction of sp³-hybridized carbons (Fsp3) is 0.500. The Morgan fingerprint density at radius 2 is 2.10 bits per heavy atom. The van der Waals surface area contributed by atoms with Crippen molar-refractivity contribution < 1.29 is 14.7 Å². The van der Waals surface area contributed by atoms with E-state index >= 15 is 0 Å². The highest BCUT2D eigenvalue weighted by Gasteiger charge is 2.28. The number of rotatable bonds is 5. The van der Waals surface area contributed by atoms with Crippen LogP contribution in [0.4, 0.5) is 0 Å². The smallest absolute Gasteiger partial charge is 0.241 e. The lowest BCUT2D eigenvalue weighted by Gasteiger charge is -2.18. The van der Waals surface area contributed by atoms with Crippen LogP contribution in [0.15, 0.2) is 30.3 Å². The minimum Gasteiger partial charge on any atom is -0.393 e. The lowest BCUT2D eigenvalue weighted by Crippen LogP contribution is -2.40. The number of likely N-dealkylation sites (tertiary alicyclic amines) is 1. The van der Waals surface area contributed by atoms with E-state index in [0.29, 0.717) is 13.1 Å². The highest BCUT2D eigenvalue weighted by molar-refractivity contribution is 5.85. The van der Waals surface area contributed by atoms with Crippen LogP contribution in [-0.2, 0) is 16.0 Å². The van der Waals surface area contributed by atoms with Gasteiger partial charge in [-0.2, -0.15) is 0 Å². The Morgan fingerprint density at radius 3 is 2.71 bits per heavy atom. The molecule has 2 unspecified atom stereocenters. The van der Waals surface area contributed by atoms with Gasteiger partial charge in [0.05, 0.1) is 19.1 Å².